The topological polar surface area (TPSA) is 34.0 Å². The van der Waals surface area contributed by atoms with Crippen molar-refractivity contribution < 1.29 is 4.79 Å². The molecular weight excluding hydrogens is 244 g/mol. The Balaban J connectivity index is 2.40. The Morgan fingerprint density at radius 3 is 2.78 bits per heavy atom. The summed E-state index contributed by atoms with van der Waals surface area (Å²) in [6, 6.07) is 4.58. The zero-order valence-electron chi connectivity index (χ0n) is 11.4. The molecule has 2 aromatic heterocycles. The summed E-state index contributed by atoms with van der Waals surface area (Å²) in [5.41, 5.74) is 1.93. The molecule has 0 saturated heterocycles. The van der Waals surface area contributed by atoms with Crippen LogP contribution in [0.5, 0.6) is 0 Å². The van der Waals surface area contributed by atoms with Crippen LogP contribution in [0.25, 0.3) is 10.2 Å². The Kier molecular flexibility index (Phi) is 3.76. The summed E-state index contributed by atoms with van der Waals surface area (Å²) in [5.74, 6) is 0.0291. The Hall–Kier alpha value is -1.29. The van der Waals surface area contributed by atoms with E-state index in [1.54, 1.807) is 11.3 Å². The number of carbonyl (C=O) groups excluding carboxylic acids is 1. The second kappa shape index (κ2) is 5.14. The Morgan fingerprint density at radius 1 is 1.44 bits per heavy atom. The average Bonchev–Trinajstić information content (AvgIpc) is 2.86. The zero-order chi connectivity index (χ0) is 13.3. The van der Waals surface area contributed by atoms with Gasteiger partial charge in [0.2, 0.25) is 0 Å². The van der Waals surface area contributed by atoms with Gasteiger partial charge in [0, 0.05) is 12.1 Å². The fraction of sp³-hybridized carbons (Fsp3) is 0.500. The van der Waals surface area contributed by atoms with Crippen molar-refractivity contribution in [2.24, 2.45) is 0 Å². The van der Waals surface area contributed by atoms with Crippen LogP contribution in [0, 0.1) is 0 Å². The summed E-state index contributed by atoms with van der Waals surface area (Å²) in [6.07, 6.45) is 0.947. The van der Waals surface area contributed by atoms with Crippen molar-refractivity contribution in [1.82, 2.24) is 9.88 Å². The average molecular weight is 264 g/mol. The van der Waals surface area contributed by atoms with E-state index in [-0.39, 0.29) is 18.0 Å². The molecule has 1 unspecified atom stereocenters. The minimum Gasteiger partial charge on any atom is -0.348 e. The Labute approximate surface area is 112 Å². The van der Waals surface area contributed by atoms with E-state index in [2.05, 4.69) is 42.1 Å². The fourth-order valence-corrected chi connectivity index (χ4v) is 2.89. The van der Waals surface area contributed by atoms with Crippen LogP contribution in [0.15, 0.2) is 17.5 Å². The molecule has 2 heterocycles. The largest absolute Gasteiger partial charge is 0.348 e. The van der Waals surface area contributed by atoms with Crippen molar-refractivity contribution >= 4 is 27.5 Å². The van der Waals surface area contributed by atoms with E-state index in [1.807, 2.05) is 13.0 Å². The molecule has 0 aliphatic heterocycles. The van der Waals surface area contributed by atoms with Crippen LogP contribution in [0.4, 0.5) is 0 Å². The molecule has 0 fully saturated rings. The molecule has 1 amide bonds. The molecule has 18 heavy (non-hydrogen) atoms. The van der Waals surface area contributed by atoms with E-state index in [0.29, 0.717) is 0 Å². The molecule has 0 spiro atoms. The van der Waals surface area contributed by atoms with E-state index in [0.717, 1.165) is 17.6 Å². The van der Waals surface area contributed by atoms with Crippen molar-refractivity contribution in [3.63, 3.8) is 0 Å². The first kappa shape index (κ1) is 13.1. The molecule has 2 rings (SSSR count). The first-order valence-corrected chi connectivity index (χ1v) is 7.31. The van der Waals surface area contributed by atoms with Crippen molar-refractivity contribution in [2.75, 3.05) is 0 Å². The van der Waals surface area contributed by atoms with E-state index in [1.165, 1.54) is 4.70 Å². The van der Waals surface area contributed by atoms with Gasteiger partial charge < -0.3 is 9.88 Å². The predicted octanol–water partition coefficient (Wildman–Crippen LogP) is 3.81. The molecule has 98 valence electrons. The van der Waals surface area contributed by atoms with E-state index in [9.17, 15) is 4.79 Å². The maximum Gasteiger partial charge on any atom is 0.268 e. The molecule has 0 radical (unpaired) electrons. The molecular formula is C14H20N2OS. The maximum atomic E-state index is 12.3. The molecule has 2 aromatic rings. The van der Waals surface area contributed by atoms with Gasteiger partial charge in [-0.2, -0.15) is 0 Å². The van der Waals surface area contributed by atoms with Gasteiger partial charge in [-0.3, -0.25) is 4.79 Å². The highest BCUT2D eigenvalue weighted by molar-refractivity contribution is 7.17. The lowest BCUT2D eigenvalue weighted by Gasteiger charge is -2.16. The van der Waals surface area contributed by atoms with Gasteiger partial charge in [-0.1, -0.05) is 6.92 Å². The summed E-state index contributed by atoms with van der Waals surface area (Å²) in [5, 5.41) is 5.11. The third kappa shape index (κ3) is 2.29. The second-order valence-electron chi connectivity index (χ2n) is 4.95. The molecule has 0 aromatic carbocycles. The summed E-state index contributed by atoms with van der Waals surface area (Å²) >= 11 is 1.68. The van der Waals surface area contributed by atoms with Gasteiger partial charge in [-0.25, -0.2) is 0 Å². The highest BCUT2D eigenvalue weighted by Gasteiger charge is 2.18. The molecule has 0 bridgehead atoms. The first-order valence-electron chi connectivity index (χ1n) is 6.43. The van der Waals surface area contributed by atoms with Crippen molar-refractivity contribution in [2.45, 2.75) is 46.2 Å². The van der Waals surface area contributed by atoms with E-state index < -0.39 is 0 Å². The SMILES string of the molecule is CCC(C)NC(=O)c1cc2sccc2n1C(C)C. The standard InChI is InChI=1S/C14H20N2OS/c1-5-10(4)15-14(17)12-8-13-11(6-7-18-13)16(12)9(2)3/h6-10H,5H2,1-4H3,(H,15,17). The number of carbonyl (C=O) groups is 1. The number of hydrogen-bond acceptors (Lipinski definition) is 2. The van der Waals surface area contributed by atoms with Crippen LogP contribution in [0.3, 0.4) is 0 Å². The van der Waals surface area contributed by atoms with Crippen LogP contribution in [0.1, 0.15) is 50.6 Å². The number of aromatic nitrogens is 1. The smallest absolute Gasteiger partial charge is 0.268 e. The Bertz CT molecular complexity index is 553. The van der Waals surface area contributed by atoms with Crippen LogP contribution in [0.2, 0.25) is 0 Å². The van der Waals surface area contributed by atoms with Gasteiger partial charge >= 0.3 is 0 Å². The molecule has 3 nitrogen and oxygen atoms in total. The molecule has 0 saturated carbocycles. The molecule has 0 aliphatic rings. The normalized spacial score (nSPS) is 13.2. The summed E-state index contributed by atoms with van der Waals surface area (Å²) < 4.78 is 3.29. The van der Waals surface area contributed by atoms with Crippen LogP contribution in [-0.4, -0.2) is 16.5 Å². The lowest BCUT2D eigenvalue weighted by Crippen LogP contribution is -2.33. The maximum absolute atomic E-state index is 12.3. The van der Waals surface area contributed by atoms with Gasteiger partial charge in [0.05, 0.1) is 10.2 Å². The van der Waals surface area contributed by atoms with Crippen molar-refractivity contribution in [1.29, 1.82) is 0 Å². The van der Waals surface area contributed by atoms with Gasteiger partial charge in [-0.15, -0.1) is 11.3 Å². The molecule has 4 heteroatoms. The number of nitrogens with zero attached hydrogens (tertiary/aromatic N) is 1. The number of fused-ring (bicyclic) bond motifs is 1. The van der Waals surface area contributed by atoms with Crippen LogP contribution in [-0.2, 0) is 0 Å². The minimum atomic E-state index is 0.0291. The highest BCUT2D eigenvalue weighted by Crippen LogP contribution is 2.28. The van der Waals surface area contributed by atoms with E-state index in [4.69, 9.17) is 0 Å². The Morgan fingerprint density at radius 2 is 2.17 bits per heavy atom. The lowest BCUT2D eigenvalue weighted by atomic mass is 10.2. The van der Waals surface area contributed by atoms with Crippen molar-refractivity contribution in [3.8, 4) is 0 Å². The van der Waals surface area contributed by atoms with Gasteiger partial charge in [0.1, 0.15) is 5.69 Å². The third-order valence-electron chi connectivity index (χ3n) is 3.20. The van der Waals surface area contributed by atoms with Crippen LogP contribution >= 0.6 is 11.3 Å². The lowest BCUT2D eigenvalue weighted by molar-refractivity contribution is 0.0929. The monoisotopic (exact) mass is 264 g/mol. The number of nitrogens with one attached hydrogen (secondary N) is 1. The first-order chi connectivity index (χ1) is 8.54. The van der Waals surface area contributed by atoms with Gasteiger partial charge in [-0.05, 0) is 44.7 Å². The zero-order valence-corrected chi connectivity index (χ0v) is 12.2. The second-order valence-corrected chi connectivity index (χ2v) is 5.89. The summed E-state index contributed by atoms with van der Waals surface area (Å²) in [7, 11) is 0. The van der Waals surface area contributed by atoms with Gasteiger partial charge in [0.15, 0.2) is 0 Å². The minimum absolute atomic E-state index is 0.0291. The number of amides is 1. The highest BCUT2D eigenvalue weighted by atomic mass is 32.1. The van der Waals surface area contributed by atoms with Crippen molar-refractivity contribution in [3.05, 3.63) is 23.2 Å². The molecule has 0 aliphatic carbocycles. The third-order valence-corrected chi connectivity index (χ3v) is 4.05. The van der Waals surface area contributed by atoms with Crippen LogP contribution < -0.4 is 5.32 Å². The summed E-state index contributed by atoms with van der Waals surface area (Å²) in [6.45, 7) is 8.32. The van der Waals surface area contributed by atoms with Gasteiger partial charge in [0.25, 0.3) is 5.91 Å². The number of hydrogen-bond donors (Lipinski definition) is 1. The molecule has 1 N–H and O–H groups in total. The number of thiophene rings is 1. The number of rotatable bonds is 4. The van der Waals surface area contributed by atoms with E-state index >= 15 is 0 Å². The predicted molar refractivity (Wildman–Crippen MR) is 77.4 cm³/mol. The fourth-order valence-electron chi connectivity index (χ4n) is 2.08. The summed E-state index contributed by atoms with van der Waals surface area (Å²) in [4.78, 5) is 12.3. The molecule has 1 atom stereocenters. The quantitative estimate of drug-likeness (QED) is 0.895.